The summed E-state index contributed by atoms with van der Waals surface area (Å²) in [4.78, 5) is 14.6. The molecule has 0 aliphatic heterocycles. The molecule has 0 aliphatic carbocycles. The van der Waals surface area contributed by atoms with Crippen LogP contribution in [0, 0.1) is 6.92 Å². The van der Waals surface area contributed by atoms with E-state index in [1.54, 1.807) is 0 Å². The lowest BCUT2D eigenvalue weighted by Crippen LogP contribution is -2.36. The Morgan fingerprint density at radius 2 is 1.96 bits per heavy atom. The molecule has 1 amide bonds. The monoisotopic (exact) mass is 324 g/mol. The lowest BCUT2D eigenvalue weighted by Gasteiger charge is -2.24. The Labute approximate surface area is 140 Å². The molecule has 0 bridgehead atoms. The molecule has 0 radical (unpaired) electrons. The summed E-state index contributed by atoms with van der Waals surface area (Å²) < 4.78 is 4.69. The van der Waals surface area contributed by atoms with Gasteiger partial charge in [0.05, 0.1) is 0 Å². The number of amides is 1. The molecule has 3 rings (SSSR count). The Morgan fingerprint density at radius 3 is 2.71 bits per heavy atom. The minimum absolute atomic E-state index is 0.0380. The smallest absolute Gasteiger partial charge is 0.242 e. The number of aryl methyl sites for hydroxylation is 1. The zero-order valence-electron chi connectivity index (χ0n) is 14.0. The second-order valence-electron chi connectivity index (χ2n) is 6.09. The second-order valence-corrected chi connectivity index (χ2v) is 6.09. The van der Waals surface area contributed by atoms with Crippen molar-refractivity contribution in [2.45, 2.75) is 19.5 Å². The van der Waals surface area contributed by atoms with Crippen LogP contribution in [0.25, 0.3) is 11.0 Å². The van der Waals surface area contributed by atoms with E-state index in [1.165, 1.54) is 0 Å². The van der Waals surface area contributed by atoms with Gasteiger partial charge in [0, 0.05) is 6.54 Å². The molecule has 0 spiro atoms. The first-order valence-electron chi connectivity index (χ1n) is 7.76. The van der Waals surface area contributed by atoms with E-state index in [4.69, 9.17) is 4.63 Å². The van der Waals surface area contributed by atoms with Gasteiger partial charge in [-0.25, -0.2) is 4.63 Å². The van der Waals surface area contributed by atoms with Crippen molar-refractivity contribution in [1.82, 2.24) is 20.5 Å². The van der Waals surface area contributed by atoms with Crippen LogP contribution < -0.4 is 5.32 Å². The molecule has 1 heterocycles. The molecule has 0 saturated carbocycles. The van der Waals surface area contributed by atoms with Crippen LogP contribution in [0.4, 0.5) is 0 Å². The average Bonchev–Trinajstić information content (AvgIpc) is 3.00. The van der Waals surface area contributed by atoms with Crippen LogP contribution in [0.2, 0.25) is 0 Å². The van der Waals surface area contributed by atoms with E-state index in [-0.39, 0.29) is 11.9 Å². The molecule has 1 atom stereocenters. The van der Waals surface area contributed by atoms with Crippen molar-refractivity contribution >= 4 is 16.9 Å². The molecule has 0 aliphatic rings. The number of carbonyl (C=O) groups is 1. The Kier molecular flexibility index (Phi) is 4.57. The third kappa shape index (κ3) is 3.44. The molecule has 1 N–H and O–H groups in total. The van der Waals surface area contributed by atoms with Crippen molar-refractivity contribution in [1.29, 1.82) is 0 Å². The van der Waals surface area contributed by atoms with E-state index >= 15 is 0 Å². The summed E-state index contributed by atoms with van der Waals surface area (Å²) in [5, 5.41) is 10.6. The van der Waals surface area contributed by atoms with Gasteiger partial charge in [-0.05, 0) is 54.6 Å². The standard InChI is InChI=1S/C18H20N4O2/c1-12-5-4-6-14(9-12)17(22(2)3)18(23)19-11-13-7-8-15-16(10-13)21-24-20-15/h4-10,17H,11H2,1-3H3,(H,19,23)/t17-/m0/s1. The first-order valence-corrected chi connectivity index (χ1v) is 7.76. The lowest BCUT2D eigenvalue weighted by molar-refractivity contribution is -0.125. The predicted octanol–water partition coefficient (Wildman–Crippen LogP) is 2.45. The van der Waals surface area contributed by atoms with E-state index < -0.39 is 0 Å². The van der Waals surface area contributed by atoms with Gasteiger partial charge in [-0.3, -0.25) is 9.69 Å². The van der Waals surface area contributed by atoms with Crippen molar-refractivity contribution in [2.75, 3.05) is 14.1 Å². The molecule has 2 aromatic carbocycles. The topological polar surface area (TPSA) is 71.3 Å². The Hall–Kier alpha value is -2.73. The fourth-order valence-electron chi connectivity index (χ4n) is 2.75. The molecular formula is C18H20N4O2. The average molecular weight is 324 g/mol. The zero-order chi connectivity index (χ0) is 17.1. The van der Waals surface area contributed by atoms with Crippen LogP contribution in [0.5, 0.6) is 0 Å². The van der Waals surface area contributed by atoms with Crippen LogP contribution in [-0.4, -0.2) is 35.2 Å². The highest BCUT2D eigenvalue weighted by molar-refractivity contribution is 5.83. The largest absolute Gasteiger partial charge is 0.350 e. The molecule has 0 saturated heterocycles. The van der Waals surface area contributed by atoms with Gasteiger partial charge < -0.3 is 5.32 Å². The number of aromatic nitrogens is 2. The summed E-state index contributed by atoms with van der Waals surface area (Å²) in [6.45, 7) is 2.45. The maximum absolute atomic E-state index is 12.7. The van der Waals surface area contributed by atoms with Gasteiger partial charge in [-0.1, -0.05) is 35.9 Å². The van der Waals surface area contributed by atoms with E-state index in [0.29, 0.717) is 17.6 Å². The van der Waals surface area contributed by atoms with E-state index in [2.05, 4.69) is 15.6 Å². The van der Waals surface area contributed by atoms with E-state index in [9.17, 15) is 4.79 Å². The predicted molar refractivity (Wildman–Crippen MR) is 91.3 cm³/mol. The molecular weight excluding hydrogens is 304 g/mol. The van der Waals surface area contributed by atoms with Crippen molar-refractivity contribution in [3.05, 3.63) is 59.2 Å². The summed E-state index contributed by atoms with van der Waals surface area (Å²) >= 11 is 0. The normalized spacial score (nSPS) is 12.5. The quantitative estimate of drug-likeness (QED) is 0.780. The molecule has 24 heavy (non-hydrogen) atoms. The summed E-state index contributed by atoms with van der Waals surface area (Å²) in [5.74, 6) is -0.0380. The molecule has 1 aromatic heterocycles. The number of benzene rings is 2. The van der Waals surface area contributed by atoms with Gasteiger partial charge in [0.25, 0.3) is 0 Å². The molecule has 0 fully saturated rings. The second kappa shape index (κ2) is 6.80. The summed E-state index contributed by atoms with van der Waals surface area (Å²) in [7, 11) is 3.80. The number of rotatable bonds is 5. The summed E-state index contributed by atoms with van der Waals surface area (Å²) in [6, 6.07) is 13.3. The SMILES string of the molecule is Cc1cccc([C@@H](C(=O)NCc2ccc3nonc3c2)N(C)C)c1. The summed E-state index contributed by atoms with van der Waals surface area (Å²) in [5.41, 5.74) is 4.46. The van der Waals surface area contributed by atoms with Gasteiger partial charge in [-0.15, -0.1) is 0 Å². The lowest BCUT2D eigenvalue weighted by atomic mass is 10.0. The maximum Gasteiger partial charge on any atom is 0.242 e. The zero-order valence-corrected chi connectivity index (χ0v) is 14.0. The highest BCUT2D eigenvalue weighted by atomic mass is 16.6. The first kappa shape index (κ1) is 16.1. The van der Waals surface area contributed by atoms with Gasteiger partial charge in [-0.2, -0.15) is 0 Å². The van der Waals surface area contributed by atoms with Crippen molar-refractivity contribution in [3.8, 4) is 0 Å². The van der Waals surface area contributed by atoms with Gasteiger partial charge in [0.2, 0.25) is 5.91 Å². The first-order chi connectivity index (χ1) is 11.5. The maximum atomic E-state index is 12.7. The van der Waals surface area contributed by atoms with Crippen molar-refractivity contribution in [3.63, 3.8) is 0 Å². The van der Waals surface area contributed by atoms with Gasteiger partial charge >= 0.3 is 0 Å². The minimum Gasteiger partial charge on any atom is -0.350 e. The Balaban J connectivity index is 1.73. The number of fused-ring (bicyclic) bond motifs is 1. The van der Waals surface area contributed by atoms with E-state index in [1.807, 2.05) is 68.4 Å². The van der Waals surface area contributed by atoms with Crippen LogP contribution in [0.1, 0.15) is 22.7 Å². The number of carbonyl (C=O) groups excluding carboxylic acids is 1. The third-order valence-corrected chi connectivity index (χ3v) is 3.91. The number of nitrogens with zero attached hydrogens (tertiary/aromatic N) is 3. The molecule has 6 nitrogen and oxygen atoms in total. The number of nitrogens with one attached hydrogen (secondary N) is 1. The van der Waals surface area contributed by atoms with E-state index in [0.717, 1.165) is 16.7 Å². The molecule has 3 aromatic rings. The fraction of sp³-hybridized carbons (Fsp3) is 0.278. The molecule has 0 unspecified atom stereocenters. The Morgan fingerprint density at radius 1 is 1.17 bits per heavy atom. The minimum atomic E-state index is -0.331. The highest BCUT2D eigenvalue weighted by Crippen LogP contribution is 2.20. The highest BCUT2D eigenvalue weighted by Gasteiger charge is 2.22. The van der Waals surface area contributed by atoms with Gasteiger partial charge in [0.15, 0.2) is 0 Å². The molecule has 124 valence electrons. The summed E-state index contributed by atoms with van der Waals surface area (Å²) in [6.07, 6.45) is 0. The number of likely N-dealkylation sites (N-methyl/N-ethyl adjacent to an activating group) is 1. The van der Waals surface area contributed by atoms with Crippen LogP contribution in [-0.2, 0) is 11.3 Å². The van der Waals surface area contributed by atoms with Crippen LogP contribution in [0.15, 0.2) is 47.1 Å². The van der Waals surface area contributed by atoms with Crippen molar-refractivity contribution in [2.24, 2.45) is 0 Å². The number of hydrogen-bond donors (Lipinski definition) is 1. The third-order valence-electron chi connectivity index (χ3n) is 3.91. The fourth-order valence-corrected chi connectivity index (χ4v) is 2.75. The van der Waals surface area contributed by atoms with Crippen molar-refractivity contribution < 1.29 is 9.42 Å². The van der Waals surface area contributed by atoms with Gasteiger partial charge in [0.1, 0.15) is 17.1 Å². The molecule has 6 heteroatoms. The van der Waals surface area contributed by atoms with Crippen LogP contribution in [0.3, 0.4) is 0 Å². The Bertz CT molecular complexity index is 857. The number of hydrogen-bond acceptors (Lipinski definition) is 5. The van der Waals surface area contributed by atoms with Crippen LogP contribution >= 0.6 is 0 Å².